The Labute approximate surface area is 126 Å². The van der Waals surface area contributed by atoms with Gasteiger partial charge in [0.05, 0.1) is 12.1 Å². The van der Waals surface area contributed by atoms with Crippen LogP contribution < -0.4 is 5.32 Å². The third kappa shape index (κ3) is 3.46. The molecule has 3 rings (SSSR count). The number of nitrogens with one attached hydrogen (secondary N) is 1. The fourth-order valence-electron chi connectivity index (χ4n) is 3.81. The van der Waals surface area contributed by atoms with Crippen LogP contribution in [0, 0.1) is 5.92 Å². The van der Waals surface area contributed by atoms with Crippen LogP contribution in [0.3, 0.4) is 0 Å². The summed E-state index contributed by atoms with van der Waals surface area (Å²) in [4.78, 5) is 12.3. The van der Waals surface area contributed by atoms with Crippen molar-refractivity contribution in [2.24, 2.45) is 5.92 Å². The van der Waals surface area contributed by atoms with Gasteiger partial charge in [-0.1, -0.05) is 49.9 Å². The molecule has 0 spiro atoms. The number of benzene rings is 1. The molecule has 1 amide bonds. The van der Waals surface area contributed by atoms with E-state index >= 15 is 0 Å². The molecule has 0 aromatic heterocycles. The molecule has 0 heterocycles. The van der Waals surface area contributed by atoms with Crippen molar-refractivity contribution < 1.29 is 9.90 Å². The maximum Gasteiger partial charge on any atom is 0.220 e. The molecular weight excluding hydrogens is 262 g/mol. The van der Waals surface area contributed by atoms with E-state index in [1.807, 2.05) is 24.3 Å². The molecule has 0 saturated heterocycles. The lowest BCUT2D eigenvalue weighted by Crippen LogP contribution is -2.34. The molecule has 1 saturated carbocycles. The molecule has 2 atom stereocenters. The van der Waals surface area contributed by atoms with E-state index in [-0.39, 0.29) is 11.9 Å². The Morgan fingerprint density at radius 3 is 2.62 bits per heavy atom. The molecule has 2 aliphatic rings. The van der Waals surface area contributed by atoms with Crippen LogP contribution in [0.2, 0.25) is 0 Å². The van der Waals surface area contributed by atoms with Crippen LogP contribution >= 0.6 is 0 Å². The second-order valence-corrected chi connectivity index (χ2v) is 6.58. The molecule has 2 aliphatic carbocycles. The second kappa shape index (κ2) is 6.61. The second-order valence-electron chi connectivity index (χ2n) is 6.58. The van der Waals surface area contributed by atoms with Gasteiger partial charge >= 0.3 is 0 Å². The number of aliphatic hydroxyl groups excluding tert-OH is 1. The van der Waals surface area contributed by atoms with E-state index in [1.165, 1.54) is 38.5 Å². The Kier molecular flexibility index (Phi) is 4.59. The van der Waals surface area contributed by atoms with E-state index in [9.17, 15) is 9.90 Å². The summed E-state index contributed by atoms with van der Waals surface area (Å²) >= 11 is 0. The Bertz CT molecular complexity index is 492. The number of fused-ring (bicyclic) bond motifs is 1. The predicted molar refractivity (Wildman–Crippen MR) is 82.8 cm³/mol. The molecule has 2 N–H and O–H groups in total. The van der Waals surface area contributed by atoms with Gasteiger partial charge in [0, 0.05) is 12.8 Å². The Balaban J connectivity index is 1.59. The standard InChI is InChI=1S/C18H25NO2/c20-16-12-14-9-5-6-10-15(14)18(16)19-17(21)11-13-7-3-1-2-4-8-13/h5-6,9-10,13,16,18,20H,1-4,7-8,11-12H2,(H,19,21)/t16-,18+/m1/s1. The largest absolute Gasteiger partial charge is 0.390 e. The van der Waals surface area contributed by atoms with Gasteiger partial charge in [0.1, 0.15) is 0 Å². The summed E-state index contributed by atoms with van der Waals surface area (Å²) in [5.74, 6) is 0.629. The van der Waals surface area contributed by atoms with Crippen molar-refractivity contribution in [1.29, 1.82) is 0 Å². The number of amides is 1. The summed E-state index contributed by atoms with van der Waals surface area (Å²) in [6.45, 7) is 0. The molecule has 0 bridgehead atoms. The Morgan fingerprint density at radius 2 is 1.86 bits per heavy atom. The molecular formula is C18H25NO2. The van der Waals surface area contributed by atoms with Crippen molar-refractivity contribution in [3.8, 4) is 0 Å². The first kappa shape index (κ1) is 14.6. The summed E-state index contributed by atoms with van der Waals surface area (Å²) in [6.07, 6.45) is 8.27. The molecule has 0 unspecified atom stereocenters. The van der Waals surface area contributed by atoms with Crippen molar-refractivity contribution in [1.82, 2.24) is 5.32 Å². The van der Waals surface area contributed by atoms with Crippen LogP contribution in [0.25, 0.3) is 0 Å². The van der Waals surface area contributed by atoms with Gasteiger partial charge in [0.2, 0.25) is 5.91 Å². The molecule has 0 radical (unpaired) electrons. The van der Waals surface area contributed by atoms with Crippen LogP contribution in [0.15, 0.2) is 24.3 Å². The van der Waals surface area contributed by atoms with Gasteiger partial charge in [-0.05, 0) is 29.9 Å². The zero-order valence-corrected chi connectivity index (χ0v) is 12.6. The molecule has 3 heteroatoms. The monoisotopic (exact) mass is 287 g/mol. The van der Waals surface area contributed by atoms with Crippen molar-refractivity contribution in [2.45, 2.75) is 63.5 Å². The quantitative estimate of drug-likeness (QED) is 0.839. The number of hydrogen-bond acceptors (Lipinski definition) is 2. The fourth-order valence-corrected chi connectivity index (χ4v) is 3.81. The Morgan fingerprint density at radius 1 is 1.14 bits per heavy atom. The highest BCUT2D eigenvalue weighted by Gasteiger charge is 2.32. The fraction of sp³-hybridized carbons (Fsp3) is 0.611. The molecule has 1 aromatic carbocycles. The number of hydrogen-bond donors (Lipinski definition) is 2. The number of aliphatic hydroxyl groups is 1. The number of rotatable bonds is 3. The Hall–Kier alpha value is -1.35. The van der Waals surface area contributed by atoms with E-state index in [4.69, 9.17) is 0 Å². The minimum atomic E-state index is -0.486. The lowest BCUT2D eigenvalue weighted by Gasteiger charge is -2.20. The van der Waals surface area contributed by atoms with Crippen molar-refractivity contribution in [3.05, 3.63) is 35.4 Å². The van der Waals surface area contributed by atoms with Crippen LogP contribution in [0.4, 0.5) is 0 Å². The third-order valence-corrected chi connectivity index (χ3v) is 4.97. The van der Waals surface area contributed by atoms with Crippen molar-refractivity contribution in [2.75, 3.05) is 0 Å². The summed E-state index contributed by atoms with van der Waals surface area (Å²) in [7, 11) is 0. The molecule has 114 valence electrons. The highest BCUT2D eigenvalue weighted by Crippen LogP contribution is 2.32. The van der Waals surface area contributed by atoms with Gasteiger partial charge in [0.15, 0.2) is 0 Å². The minimum absolute atomic E-state index is 0.0997. The van der Waals surface area contributed by atoms with Crippen molar-refractivity contribution in [3.63, 3.8) is 0 Å². The lowest BCUT2D eigenvalue weighted by atomic mass is 9.96. The summed E-state index contributed by atoms with van der Waals surface area (Å²) in [6, 6.07) is 7.79. The van der Waals surface area contributed by atoms with Gasteiger partial charge in [-0.2, -0.15) is 0 Å². The van der Waals surface area contributed by atoms with E-state index < -0.39 is 6.10 Å². The van der Waals surface area contributed by atoms with Crippen LogP contribution in [0.1, 0.15) is 62.1 Å². The van der Waals surface area contributed by atoms with Crippen molar-refractivity contribution >= 4 is 5.91 Å². The molecule has 1 fully saturated rings. The minimum Gasteiger partial charge on any atom is -0.390 e. The van der Waals surface area contributed by atoms with Gasteiger partial charge in [-0.25, -0.2) is 0 Å². The maximum absolute atomic E-state index is 12.3. The SMILES string of the molecule is O=C(CC1CCCCCC1)N[C@H]1c2ccccc2C[C@H]1O. The summed E-state index contributed by atoms with van der Waals surface area (Å²) in [5, 5.41) is 13.3. The first-order chi connectivity index (χ1) is 10.2. The van der Waals surface area contributed by atoms with Gasteiger partial charge in [0.25, 0.3) is 0 Å². The average Bonchev–Trinajstić information content (AvgIpc) is 2.66. The summed E-state index contributed by atoms with van der Waals surface area (Å²) in [5.41, 5.74) is 2.24. The zero-order chi connectivity index (χ0) is 14.7. The van der Waals surface area contributed by atoms with E-state index in [0.717, 1.165) is 11.1 Å². The first-order valence-electron chi connectivity index (χ1n) is 8.29. The normalized spacial score (nSPS) is 26.1. The van der Waals surface area contributed by atoms with Gasteiger partial charge in [-0.15, -0.1) is 0 Å². The van der Waals surface area contributed by atoms with Crippen LogP contribution in [-0.2, 0) is 11.2 Å². The number of carbonyl (C=O) groups is 1. The average molecular weight is 287 g/mol. The smallest absolute Gasteiger partial charge is 0.220 e. The van der Waals surface area contributed by atoms with Crippen LogP contribution in [0.5, 0.6) is 0 Å². The van der Waals surface area contributed by atoms with Gasteiger partial charge < -0.3 is 10.4 Å². The third-order valence-electron chi connectivity index (χ3n) is 4.97. The van der Waals surface area contributed by atoms with E-state index in [1.54, 1.807) is 0 Å². The zero-order valence-electron chi connectivity index (χ0n) is 12.6. The molecule has 0 aliphatic heterocycles. The molecule has 21 heavy (non-hydrogen) atoms. The summed E-state index contributed by atoms with van der Waals surface area (Å²) < 4.78 is 0. The highest BCUT2D eigenvalue weighted by molar-refractivity contribution is 5.77. The van der Waals surface area contributed by atoms with E-state index in [0.29, 0.717) is 18.8 Å². The number of carbonyl (C=O) groups excluding carboxylic acids is 1. The molecule has 1 aromatic rings. The van der Waals surface area contributed by atoms with Gasteiger partial charge in [-0.3, -0.25) is 4.79 Å². The lowest BCUT2D eigenvalue weighted by molar-refractivity contribution is -0.123. The molecule has 3 nitrogen and oxygen atoms in total. The highest BCUT2D eigenvalue weighted by atomic mass is 16.3. The van der Waals surface area contributed by atoms with Crippen LogP contribution in [-0.4, -0.2) is 17.1 Å². The first-order valence-corrected chi connectivity index (χ1v) is 8.29. The van der Waals surface area contributed by atoms with E-state index in [2.05, 4.69) is 5.32 Å². The maximum atomic E-state index is 12.3. The topological polar surface area (TPSA) is 49.3 Å². The predicted octanol–water partition coefficient (Wildman–Crippen LogP) is 3.12.